The van der Waals surface area contributed by atoms with E-state index >= 15 is 0 Å². The molecular weight excluding hydrogens is 560 g/mol. The van der Waals surface area contributed by atoms with Gasteiger partial charge in [-0.15, -0.1) is 0 Å². The Labute approximate surface area is 252 Å². The van der Waals surface area contributed by atoms with E-state index in [1.54, 1.807) is 19.2 Å². The molecule has 9 heteroatoms. The van der Waals surface area contributed by atoms with E-state index in [0.29, 0.717) is 23.4 Å². The summed E-state index contributed by atoms with van der Waals surface area (Å²) in [6.07, 6.45) is 1.32. The second-order valence-corrected chi connectivity index (χ2v) is 12.7. The van der Waals surface area contributed by atoms with Crippen molar-refractivity contribution in [2.75, 3.05) is 24.5 Å². The average Bonchev–Trinajstić information content (AvgIpc) is 3.55. The van der Waals surface area contributed by atoms with Gasteiger partial charge in [0.25, 0.3) is 0 Å². The molecule has 4 aromatic carbocycles. The summed E-state index contributed by atoms with van der Waals surface area (Å²) >= 11 is 0. The van der Waals surface area contributed by atoms with Crippen molar-refractivity contribution in [3.05, 3.63) is 119 Å². The Hall–Kier alpha value is -4.63. The zero-order valence-electron chi connectivity index (χ0n) is 24.0. The molecule has 8 nitrogen and oxygen atoms in total. The first kappa shape index (κ1) is 28.5. The van der Waals surface area contributed by atoms with E-state index in [9.17, 15) is 13.2 Å². The van der Waals surface area contributed by atoms with Crippen molar-refractivity contribution in [3.8, 4) is 16.9 Å². The number of benzene rings is 4. The number of aliphatic imine (C=N–C) groups is 1. The van der Waals surface area contributed by atoms with Gasteiger partial charge in [-0.2, -0.15) is 0 Å². The number of primary amides is 1. The number of nitrogens with two attached hydrogens (primary N) is 1. The molecule has 0 saturated carbocycles. The van der Waals surface area contributed by atoms with E-state index in [4.69, 9.17) is 10.5 Å². The summed E-state index contributed by atoms with van der Waals surface area (Å²) in [4.78, 5) is 16.7. The second kappa shape index (κ2) is 11.9. The van der Waals surface area contributed by atoms with Crippen molar-refractivity contribution in [2.24, 2.45) is 10.7 Å². The lowest BCUT2D eigenvalue weighted by atomic mass is 9.88. The average molecular weight is 595 g/mol. The van der Waals surface area contributed by atoms with E-state index in [-0.39, 0.29) is 12.2 Å². The molecule has 2 aliphatic rings. The number of sulfonamides is 1. The van der Waals surface area contributed by atoms with Crippen LogP contribution in [-0.4, -0.2) is 40.4 Å². The minimum Gasteiger partial charge on any atom is -0.496 e. The third-order valence-electron chi connectivity index (χ3n) is 8.01. The Morgan fingerprint density at radius 3 is 2.40 bits per heavy atom. The molecule has 0 bridgehead atoms. The van der Waals surface area contributed by atoms with Gasteiger partial charge in [0, 0.05) is 17.7 Å². The normalized spacial score (nSPS) is 15.7. The van der Waals surface area contributed by atoms with Crippen LogP contribution in [0, 0.1) is 0 Å². The number of hydrogen-bond donors (Lipinski definition) is 2. The maximum absolute atomic E-state index is 14.2. The minimum absolute atomic E-state index is 0.124. The number of amides is 1. The molecule has 0 saturated heterocycles. The molecule has 2 aliphatic heterocycles. The fourth-order valence-electron chi connectivity index (χ4n) is 6.04. The number of hydrogen-bond acceptors (Lipinski definition) is 6. The van der Waals surface area contributed by atoms with Gasteiger partial charge < -0.3 is 15.8 Å². The summed E-state index contributed by atoms with van der Waals surface area (Å²) in [5, 5.41) is 3.29. The van der Waals surface area contributed by atoms with Crippen LogP contribution in [0.25, 0.3) is 11.1 Å². The molecule has 43 heavy (non-hydrogen) atoms. The van der Waals surface area contributed by atoms with E-state index in [2.05, 4.69) is 34.6 Å². The van der Waals surface area contributed by atoms with Crippen LogP contribution >= 0.6 is 0 Å². The molecule has 1 amide bonds. The smallest absolute Gasteiger partial charge is 0.239 e. The number of carbonyl (C=O) groups excluding carboxylic acids is 1. The summed E-state index contributed by atoms with van der Waals surface area (Å²) in [6, 6.07) is 28.1. The topological polar surface area (TPSA) is 114 Å². The van der Waals surface area contributed by atoms with Crippen LogP contribution in [0.3, 0.4) is 0 Å². The van der Waals surface area contributed by atoms with E-state index in [1.807, 2.05) is 54.6 Å². The molecule has 0 aromatic heterocycles. The summed E-state index contributed by atoms with van der Waals surface area (Å²) in [6.45, 7) is 1.67. The molecule has 3 N–H and O–H groups in total. The number of nitrogens with one attached hydrogen (secondary N) is 1. The Kier molecular flexibility index (Phi) is 7.90. The molecule has 1 unspecified atom stereocenters. The molecule has 0 spiro atoms. The molecule has 6 rings (SSSR count). The zero-order chi connectivity index (χ0) is 30.0. The van der Waals surface area contributed by atoms with Gasteiger partial charge in [-0.1, -0.05) is 78.9 Å². The molecule has 220 valence electrons. The number of anilines is 1. The predicted octanol–water partition coefficient (Wildman–Crippen LogP) is 4.76. The quantitative estimate of drug-likeness (QED) is 0.275. The lowest BCUT2D eigenvalue weighted by Gasteiger charge is -2.38. The molecule has 2 heterocycles. The predicted molar refractivity (Wildman–Crippen MR) is 170 cm³/mol. The summed E-state index contributed by atoms with van der Waals surface area (Å²) in [5.74, 6) is 0.845. The van der Waals surface area contributed by atoms with Gasteiger partial charge in [0.15, 0.2) is 0 Å². The first-order valence-electron chi connectivity index (χ1n) is 14.4. The number of para-hydroxylation sites is 1. The fourth-order valence-corrected chi connectivity index (χ4v) is 7.82. The summed E-state index contributed by atoms with van der Waals surface area (Å²) in [5.41, 5.74) is 12.5. The van der Waals surface area contributed by atoms with Gasteiger partial charge in [0.1, 0.15) is 11.6 Å². The van der Waals surface area contributed by atoms with Crippen LogP contribution in [0.4, 0.5) is 5.69 Å². The van der Waals surface area contributed by atoms with Crippen LogP contribution in [0.2, 0.25) is 0 Å². The maximum Gasteiger partial charge on any atom is 0.239 e. The Morgan fingerprint density at radius 1 is 0.953 bits per heavy atom. The number of nitrogens with zero attached hydrogens (tertiary/aromatic N) is 2. The molecule has 1 atom stereocenters. The largest absolute Gasteiger partial charge is 0.496 e. The lowest BCUT2D eigenvalue weighted by Crippen LogP contribution is -2.40. The lowest BCUT2D eigenvalue weighted by molar-refractivity contribution is -0.118. The highest BCUT2D eigenvalue weighted by atomic mass is 32.2. The van der Waals surface area contributed by atoms with Crippen LogP contribution in [0.5, 0.6) is 5.75 Å². The Balaban J connectivity index is 1.27. The standard InChI is InChI=1S/C34H34N4O4S/c1-42-32-17-13-24(20-26(32)16-12-23-10-14-25(15-11-23)34-36-18-19-37-34)22-43(40,41)38-30-9-5-4-7-28(30)27-6-2-3-8-29(27)31(38)21-33(35)39/h2-11,13-15,17,20,31H,12,16,18-19,21-22H2,1H3,(H2,35,39)(H,36,37). The number of carbonyl (C=O) groups is 1. The van der Waals surface area contributed by atoms with Crippen molar-refractivity contribution in [3.63, 3.8) is 0 Å². The summed E-state index contributed by atoms with van der Waals surface area (Å²) in [7, 11) is -2.32. The highest BCUT2D eigenvalue weighted by Gasteiger charge is 2.38. The first-order valence-corrected chi connectivity index (χ1v) is 16.0. The van der Waals surface area contributed by atoms with Gasteiger partial charge in [-0.25, -0.2) is 8.42 Å². The molecule has 0 aliphatic carbocycles. The Morgan fingerprint density at radius 2 is 1.67 bits per heavy atom. The number of ether oxygens (including phenoxy) is 1. The fraction of sp³-hybridized carbons (Fsp3) is 0.235. The maximum atomic E-state index is 14.2. The second-order valence-electron chi connectivity index (χ2n) is 10.8. The van der Waals surface area contributed by atoms with Gasteiger partial charge >= 0.3 is 0 Å². The number of fused-ring (bicyclic) bond motifs is 3. The van der Waals surface area contributed by atoms with E-state index in [1.165, 1.54) is 9.87 Å². The van der Waals surface area contributed by atoms with E-state index < -0.39 is 22.0 Å². The number of methoxy groups -OCH3 is 1. The van der Waals surface area contributed by atoms with Gasteiger partial charge in [0.05, 0.1) is 37.6 Å². The summed E-state index contributed by atoms with van der Waals surface area (Å²) < 4.78 is 35.5. The van der Waals surface area contributed by atoms with Crippen molar-refractivity contribution in [2.45, 2.75) is 31.1 Å². The monoisotopic (exact) mass is 594 g/mol. The third kappa shape index (κ3) is 5.85. The van der Waals surface area contributed by atoms with Crippen LogP contribution in [0.1, 0.15) is 40.3 Å². The van der Waals surface area contributed by atoms with Crippen molar-refractivity contribution < 1.29 is 17.9 Å². The number of amidine groups is 1. The van der Waals surface area contributed by atoms with Crippen molar-refractivity contribution >= 4 is 27.5 Å². The molecule has 4 aromatic rings. The van der Waals surface area contributed by atoms with Crippen molar-refractivity contribution in [1.29, 1.82) is 0 Å². The minimum atomic E-state index is -3.94. The highest BCUT2D eigenvalue weighted by molar-refractivity contribution is 7.92. The third-order valence-corrected chi connectivity index (χ3v) is 9.76. The SMILES string of the molecule is COc1ccc(CS(=O)(=O)N2c3ccccc3-c3ccccc3C2CC(N)=O)cc1CCc1ccc(C2=NCCN2)cc1. The first-order chi connectivity index (χ1) is 20.8. The van der Waals surface area contributed by atoms with Crippen LogP contribution in [0.15, 0.2) is 96.0 Å². The highest BCUT2D eigenvalue weighted by Crippen LogP contribution is 2.47. The molecule has 0 fully saturated rings. The number of aryl methyl sites for hydroxylation is 2. The van der Waals surface area contributed by atoms with Gasteiger partial charge in [0.2, 0.25) is 15.9 Å². The van der Waals surface area contributed by atoms with Gasteiger partial charge in [-0.3, -0.25) is 14.1 Å². The molecular formula is C34H34N4O4S. The molecule has 0 radical (unpaired) electrons. The van der Waals surface area contributed by atoms with E-state index in [0.717, 1.165) is 53.2 Å². The van der Waals surface area contributed by atoms with Crippen molar-refractivity contribution in [1.82, 2.24) is 5.32 Å². The Bertz CT molecular complexity index is 1800. The van der Waals surface area contributed by atoms with Crippen LogP contribution < -0.4 is 20.1 Å². The number of rotatable bonds is 10. The van der Waals surface area contributed by atoms with Crippen LogP contribution in [-0.2, 0) is 33.4 Å². The zero-order valence-corrected chi connectivity index (χ0v) is 24.8. The van der Waals surface area contributed by atoms with Gasteiger partial charge in [-0.05, 0) is 52.8 Å².